The van der Waals surface area contributed by atoms with E-state index in [4.69, 9.17) is 11.6 Å². The number of aliphatic hydroxyl groups excluding tert-OH is 1. The number of fused-ring (bicyclic) bond motifs is 1. The maximum absolute atomic E-state index is 10.3. The molecule has 2 aromatic heterocycles. The third kappa shape index (κ3) is 2.86. The van der Waals surface area contributed by atoms with E-state index in [0.29, 0.717) is 10.8 Å². The van der Waals surface area contributed by atoms with Gasteiger partial charge >= 0.3 is 0 Å². The van der Waals surface area contributed by atoms with E-state index in [0.717, 1.165) is 20.4 Å². The van der Waals surface area contributed by atoms with E-state index in [2.05, 4.69) is 25.9 Å². The highest BCUT2D eigenvalue weighted by atomic mass is 79.9. The van der Waals surface area contributed by atoms with Gasteiger partial charge in [0.2, 0.25) is 0 Å². The van der Waals surface area contributed by atoms with Gasteiger partial charge in [-0.1, -0.05) is 41.6 Å². The van der Waals surface area contributed by atoms with E-state index < -0.39 is 5.44 Å². The molecule has 0 aliphatic rings. The molecule has 0 spiro atoms. The molecule has 102 valence electrons. The minimum Gasteiger partial charge on any atom is -0.376 e. The summed E-state index contributed by atoms with van der Waals surface area (Å²) in [6.45, 7) is 0. The first kappa shape index (κ1) is 13.9. The number of halogens is 2. The van der Waals surface area contributed by atoms with Crippen LogP contribution in [0.3, 0.4) is 0 Å². The zero-order valence-corrected chi connectivity index (χ0v) is 13.3. The Morgan fingerprint density at radius 2 is 2.00 bits per heavy atom. The highest BCUT2D eigenvalue weighted by Crippen LogP contribution is 2.34. The van der Waals surface area contributed by atoms with Crippen molar-refractivity contribution >= 4 is 50.3 Å². The van der Waals surface area contributed by atoms with Crippen molar-refractivity contribution in [3.05, 3.63) is 57.8 Å². The fourth-order valence-electron chi connectivity index (χ4n) is 1.85. The largest absolute Gasteiger partial charge is 0.376 e. The number of hydrogen-bond donors (Lipinski definition) is 2. The SMILES string of the molecule is OC(Sc1ccccc1)c1cc2nc(Cl)c(Br)cc2[nH]1. The van der Waals surface area contributed by atoms with Crippen LogP contribution < -0.4 is 0 Å². The number of aromatic nitrogens is 2. The summed E-state index contributed by atoms with van der Waals surface area (Å²) in [6.07, 6.45) is 0. The smallest absolute Gasteiger partial charge is 0.144 e. The number of aliphatic hydroxyl groups is 1. The first-order valence-corrected chi connectivity index (χ1v) is 7.93. The molecule has 0 aliphatic carbocycles. The van der Waals surface area contributed by atoms with Crippen LogP contribution in [0.15, 0.2) is 51.8 Å². The molecular formula is C14H10BrClN2OS. The molecule has 0 aliphatic heterocycles. The van der Waals surface area contributed by atoms with Gasteiger partial charge in [0.1, 0.15) is 10.6 Å². The number of aromatic amines is 1. The van der Waals surface area contributed by atoms with Crippen LogP contribution in [0.25, 0.3) is 11.0 Å². The van der Waals surface area contributed by atoms with Gasteiger partial charge in [-0.3, -0.25) is 0 Å². The highest BCUT2D eigenvalue weighted by Gasteiger charge is 2.14. The molecule has 1 atom stereocenters. The lowest BCUT2D eigenvalue weighted by Gasteiger charge is -2.07. The molecule has 0 radical (unpaired) electrons. The van der Waals surface area contributed by atoms with Crippen molar-refractivity contribution in [3.8, 4) is 0 Å². The van der Waals surface area contributed by atoms with Crippen molar-refractivity contribution in [2.45, 2.75) is 10.3 Å². The monoisotopic (exact) mass is 368 g/mol. The summed E-state index contributed by atoms with van der Waals surface area (Å²) < 4.78 is 0.727. The third-order valence-corrected chi connectivity index (χ3v) is 4.93. The number of benzene rings is 1. The van der Waals surface area contributed by atoms with Gasteiger partial charge in [0, 0.05) is 4.90 Å². The van der Waals surface area contributed by atoms with Gasteiger partial charge in [0.25, 0.3) is 0 Å². The number of rotatable bonds is 3. The van der Waals surface area contributed by atoms with Crippen LogP contribution in [-0.4, -0.2) is 15.1 Å². The van der Waals surface area contributed by atoms with Crippen molar-refractivity contribution in [1.82, 2.24) is 9.97 Å². The topological polar surface area (TPSA) is 48.9 Å². The fraction of sp³-hybridized carbons (Fsp3) is 0.0714. The second kappa shape index (κ2) is 5.77. The molecule has 2 N–H and O–H groups in total. The number of thioether (sulfide) groups is 1. The molecule has 0 amide bonds. The molecule has 0 fully saturated rings. The van der Waals surface area contributed by atoms with Crippen LogP contribution in [0, 0.1) is 0 Å². The number of pyridine rings is 1. The molecule has 2 heterocycles. The Hall–Kier alpha value is -1.01. The van der Waals surface area contributed by atoms with Gasteiger partial charge in [-0.15, -0.1) is 0 Å². The zero-order chi connectivity index (χ0) is 14.1. The molecule has 0 saturated carbocycles. The molecule has 0 bridgehead atoms. The van der Waals surface area contributed by atoms with Crippen molar-refractivity contribution < 1.29 is 5.11 Å². The number of hydrogen-bond acceptors (Lipinski definition) is 3. The summed E-state index contributed by atoms with van der Waals surface area (Å²) in [7, 11) is 0. The molecule has 0 saturated heterocycles. The van der Waals surface area contributed by atoms with E-state index in [1.165, 1.54) is 11.8 Å². The normalized spacial score (nSPS) is 12.8. The first-order chi connectivity index (χ1) is 9.63. The van der Waals surface area contributed by atoms with E-state index >= 15 is 0 Å². The van der Waals surface area contributed by atoms with E-state index in [1.807, 2.05) is 42.5 Å². The van der Waals surface area contributed by atoms with Crippen molar-refractivity contribution in [3.63, 3.8) is 0 Å². The number of nitrogens with zero attached hydrogens (tertiary/aromatic N) is 1. The summed E-state index contributed by atoms with van der Waals surface area (Å²) in [6, 6.07) is 13.4. The molecule has 3 nitrogen and oxygen atoms in total. The molecule has 3 aromatic rings. The molecular weight excluding hydrogens is 360 g/mol. The lowest BCUT2D eigenvalue weighted by Crippen LogP contribution is -1.91. The van der Waals surface area contributed by atoms with Crippen LogP contribution >= 0.6 is 39.3 Å². The van der Waals surface area contributed by atoms with Crippen molar-refractivity contribution in [2.24, 2.45) is 0 Å². The lowest BCUT2D eigenvalue weighted by atomic mass is 10.4. The summed E-state index contributed by atoms with van der Waals surface area (Å²) >= 11 is 10.7. The molecule has 1 aromatic carbocycles. The quantitative estimate of drug-likeness (QED) is 0.397. The van der Waals surface area contributed by atoms with Gasteiger partial charge in [-0.25, -0.2) is 4.98 Å². The van der Waals surface area contributed by atoms with Crippen LogP contribution in [0.5, 0.6) is 0 Å². The minimum absolute atomic E-state index is 0.410. The van der Waals surface area contributed by atoms with Crippen molar-refractivity contribution in [1.29, 1.82) is 0 Å². The second-order valence-corrected chi connectivity index (χ2v) is 6.57. The summed E-state index contributed by atoms with van der Waals surface area (Å²) in [5.74, 6) is 0. The maximum Gasteiger partial charge on any atom is 0.144 e. The van der Waals surface area contributed by atoms with E-state index in [-0.39, 0.29) is 0 Å². The summed E-state index contributed by atoms with van der Waals surface area (Å²) in [5.41, 5.74) is 1.60. The summed E-state index contributed by atoms with van der Waals surface area (Å²) in [4.78, 5) is 8.42. The van der Waals surface area contributed by atoms with Gasteiger partial charge in [-0.2, -0.15) is 0 Å². The van der Waals surface area contributed by atoms with Crippen molar-refractivity contribution in [2.75, 3.05) is 0 Å². The Kier molecular flexibility index (Phi) is 4.03. The number of H-pyrrole nitrogens is 1. The van der Waals surface area contributed by atoms with E-state index in [9.17, 15) is 5.11 Å². The van der Waals surface area contributed by atoms with Crippen LogP contribution in [-0.2, 0) is 0 Å². The number of nitrogens with one attached hydrogen (secondary N) is 1. The third-order valence-electron chi connectivity index (χ3n) is 2.79. The minimum atomic E-state index is -0.677. The summed E-state index contributed by atoms with van der Waals surface area (Å²) in [5, 5.41) is 10.7. The van der Waals surface area contributed by atoms with Gasteiger partial charge < -0.3 is 10.1 Å². The second-order valence-electron chi connectivity index (χ2n) is 4.20. The Morgan fingerprint density at radius 1 is 1.25 bits per heavy atom. The molecule has 6 heteroatoms. The average molecular weight is 370 g/mol. The van der Waals surface area contributed by atoms with Crippen LogP contribution in [0.2, 0.25) is 5.15 Å². The highest BCUT2D eigenvalue weighted by molar-refractivity contribution is 9.10. The molecule has 3 rings (SSSR count). The average Bonchev–Trinajstić information content (AvgIpc) is 2.83. The maximum atomic E-state index is 10.3. The zero-order valence-electron chi connectivity index (χ0n) is 10.2. The van der Waals surface area contributed by atoms with Gasteiger partial charge in [0.05, 0.1) is 21.2 Å². The van der Waals surface area contributed by atoms with Crippen LogP contribution in [0.1, 0.15) is 11.1 Å². The fourth-order valence-corrected chi connectivity index (χ4v) is 3.14. The Balaban J connectivity index is 1.90. The molecule has 1 unspecified atom stereocenters. The standard InChI is InChI=1S/C14H10BrClN2OS/c15-9-6-10-11(18-13(9)16)7-12(17-10)14(19)20-8-4-2-1-3-5-8/h1-7,14,17,19H. The first-order valence-electron chi connectivity index (χ1n) is 5.88. The predicted molar refractivity (Wildman–Crippen MR) is 86.1 cm³/mol. The van der Waals surface area contributed by atoms with Gasteiger partial charge in [-0.05, 0) is 40.2 Å². The van der Waals surface area contributed by atoms with Gasteiger partial charge in [0.15, 0.2) is 0 Å². The van der Waals surface area contributed by atoms with Crippen LogP contribution in [0.4, 0.5) is 0 Å². The predicted octanol–water partition coefficient (Wildman–Crippen LogP) is 4.76. The Bertz CT molecular complexity index is 709. The lowest BCUT2D eigenvalue weighted by molar-refractivity contribution is 0.266. The molecule has 20 heavy (non-hydrogen) atoms. The van der Waals surface area contributed by atoms with E-state index in [1.54, 1.807) is 0 Å². The Morgan fingerprint density at radius 3 is 2.75 bits per heavy atom. The Labute approximate surface area is 133 Å².